The number of nitrogens with zero attached hydrogens (tertiary/aromatic N) is 4. The van der Waals surface area contributed by atoms with E-state index < -0.39 is 0 Å². The molecule has 4 N–H and O–H groups in total. The highest BCUT2D eigenvalue weighted by molar-refractivity contribution is 6.09. The van der Waals surface area contributed by atoms with E-state index in [1.807, 2.05) is 53.1 Å². The molecule has 4 aromatic rings. The third-order valence-corrected chi connectivity index (χ3v) is 5.02. The molecular formula is C23H19N7O2. The highest BCUT2D eigenvalue weighted by Gasteiger charge is 2.15. The first-order valence-electron chi connectivity index (χ1n) is 9.69. The summed E-state index contributed by atoms with van der Waals surface area (Å²) < 4.78 is 6.94. The normalized spacial score (nSPS) is 11.3. The van der Waals surface area contributed by atoms with Crippen molar-refractivity contribution >= 4 is 34.6 Å². The zero-order chi connectivity index (χ0) is 22.7. The summed E-state index contributed by atoms with van der Waals surface area (Å²) in [5.41, 5.74) is 11.0. The van der Waals surface area contributed by atoms with Crippen LogP contribution in [-0.4, -0.2) is 26.8 Å². The maximum Gasteiger partial charge on any atom is 0.249 e. The SMILES string of the molecule is Cc1noc(NC(=O)Cc2ccc(-n3cnc4cc(/C(C=N)=C/N)ccc43)cc2)c1C#N. The Hall–Kier alpha value is -4.71. The quantitative estimate of drug-likeness (QED) is 0.404. The number of carbonyl (C=O) groups is 1. The molecule has 2 aromatic heterocycles. The van der Waals surface area contributed by atoms with Crippen molar-refractivity contribution < 1.29 is 9.32 Å². The van der Waals surface area contributed by atoms with Crippen LogP contribution < -0.4 is 11.1 Å². The smallest absolute Gasteiger partial charge is 0.249 e. The molecule has 2 heterocycles. The van der Waals surface area contributed by atoms with E-state index in [0.717, 1.165) is 27.8 Å². The van der Waals surface area contributed by atoms with Gasteiger partial charge in [-0.3, -0.25) is 14.7 Å². The molecule has 0 saturated heterocycles. The maximum atomic E-state index is 12.3. The van der Waals surface area contributed by atoms with Gasteiger partial charge in [0, 0.05) is 23.7 Å². The lowest BCUT2D eigenvalue weighted by Crippen LogP contribution is -2.14. The number of aryl methyl sites for hydroxylation is 1. The topological polar surface area (TPSA) is 147 Å². The van der Waals surface area contributed by atoms with Gasteiger partial charge in [-0.2, -0.15) is 5.26 Å². The van der Waals surface area contributed by atoms with Crippen molar-refractivity contribution in [2.24, 2.45) is 5.73 Å². The van der Waals surface area contributed by atoms with E-state index in [0.29, 0.717) is 11.3 Å². The van der Waals surface area contributed by atoms with Gasteiger partial charge in [-0.15, -0.1) is 0 Å². The first-order chi connectivity index (χ1) is 15.5. The molecule has 1 amide bonds. The summed E-state index contributed by atoms with van der Waals surface area (Å²) in [6.45, 7) is 1.64. The Balaban J connectivity index is 1.51. The first-order valence-corrected chi connectivity index (χ1v) is 9.69. The van der Waals surface area contributed by atoms with Crippen LogP contribution in [0.25, 0.3) is 22.3 Å². The van der Waals surface area contributed by atoms with Crippen LogP contribution in [0.2, 0.25) is 0 Å². The molecule has 2 aromatic carbocycles. The van der Waals surface area contributed by atoms with Gasteiger partial charge in [0.15, 0.2) is 0 Å². The molecule has 0 bridgehead atoms. The number of amides is 1. The van der Waals surface area contributed by atoms with E-state index in [-0.39, 0.29) is 23.8 Å². The van der Waals surface area contributed by atoms with Crippen LogP contribution in [0.3, 0.4) is 0 Å². The Morgan fingerprint density at radius 2 is 2.09 bits per heavy atom. The van der Waals surface area contributed by atoms with Crippen LogP contribution >= 0.6 is 0 Å². The number of hydrogen-bond donors (Lipinski definition) is 3. The standard InChI is InChI=1S/C23H19N7O2/c1-14-19(12-26)23(32-29-14)28-22(31)8-15-2-5-18(6-3-15)30-13-27-20-9-16(4-7-21(20)30)17(10-24)11-25/h2-7,9-11,13,24H,8,25H2,1H3,(H,28,31)/b17-11+,24-10?. The van der Waals surface area contributed by atoms with Crippen molar-refractivity contribution in [2.75, 3.05) is 5.32 Å². The van der Waals surface area contributed by atoms with Gasteiger partial charge >= 0.3 is 0 Å². The van der Waals surface area contributed by atoms with Gasteiger partial charge in [0.1, 0.15) is 23.7 Å². The summed E-state index contributed by atoms with van der Waals surface area (Å²) in [6, 6.07) is 15.2. The lowest BCUT2D eigenvalue weighted by atomic mass is 10.1. The van der Waals surface area contributed by atoms with Crippen LogP contribution in [-0.2, 0) is 11.2 Å². The molecule has 9 nitrogen and oxygen atoms in total. The van der Waals surface area contributed by atoms with E-state index in [9.17, 15) is 4.79 Å². The number of hydrogen-bond acceptors (Lipinski definition) is 7. The van der Waals surface area contributed by atoms with Gasteiger partial charge in [0.2, 0.25) is 11.8 Å². The third-order valence-electron chi connectivity index (χ3n) is 5.02. The number of nitriles is 1. The minimum Gasteiger partial charge on any atom is -0.404 e. The summed E-state index contributed by atoms with van der Waals surface area (Å²) in [7, 11) is 0. The molecular weight excluding hydrogens is 406 g/mol. The average molecular weight is 425 g/mol. The molecule has 0 saturated carbocycles. The van der Waals surface area contributed by atoms with Crippen LogP contribution in [0.15, 0.2) is 59.5 Å². The highest BCUT2D eigenvalue weighted by atomic mass is 16.5. The fourth-order valence-corrected chi connectivity index (χ4v) is 3.34. The molecule has 0 fully saturated rings. The number of nitrogens with one attached hydrogen (secondary N) is 2. The molecule has 4 rings (SSSR count). The number of imidazole rings is 1. The highest BCUT2D eigenvalue weighted by Crippen LogP contribution is 2.23. The number of fused-ring (bicyclic) bond motifs is 1. The number of allylic oxidation sites excluding steroid dienone is 1. The molecule has 32 heavy (non-hydrogen) atoms. The van der Waals surface area contributed by atoms with Crippen LogP contribution in [0.1, 0.15) is 22.4 Å². The molecule has 0 atom stereocenters. The zero-order valence-electron chi connectivity index (χ0n) is 17.2. The van der Waals surface area contributed by atoms with Crippen molar-refractivity contribution in [1.29, 1.82) is 10.7 Å². The largest absolute Gasteiger partial charge is 0.404 e. The van der Waals surface area contributed by atoms with Gasteiger partial charge in [-0.25, -0.2) is 4.98 Å². The summed E-state index contributed by atoms with van der Waals surface area (Å²) in [6.07, 6.45) is 4.45. The van der Waals surface area contributed by atoms with Crippen molar-refractivity contribution in [1.82, 2.24) is 14.7 Å². The monoisotopic (exact) mass is 425 g/mol. The lowest BCUT2D eigenvalue weighted by Gasteiger charge is -2.07. The predicted molar refractivity (Wildman–Crippen MR) is 120 cm³/mol. The third kappa shape index (κ3) is 3.85. The number of benzene rings is 2. The Kier molecular flexibility index (Phi) is 5.51. The van der Waals surface area contributed by atoms with Crippen molar-refractivity contribution in [3.63, 3.8) is 0 Å². The average Bonchev–Trinajstić information content (AvgIpc) is 3.38. The second kappa shape index (κ2) is 8.57. The summed E-state index contributed by atoms with van der Waals surface area (Å²) >= 11 is 0. The van der Waals surface area contributed by atoms with E-state index in [4.69, 9.17) is 20.9 Å². The molecule has 0 radical (unpaired) electrons. The molecule has 9 heteroatoms. The predicted octanol–water partition coefficient (Wildman–Crippen LogP) is 3.32. The minimum absolute atomic E-state index is 0.0616. The van der Waals surface area contributed by atoms with Crippen LogP contribution in [0.4, 0.5) is 5.88 Å². The zero-order valence-corrected chi connectivity index (χ0v) is 17.2. The molecule has 158 valence electrons. The fraction of sp³-hybridized carbons (Fsp3) is 0.0870. The van der Waals surface area contributed by atoms with Gasteiger partial charge in [0.05, 0.1) is 17.5 Å². The van der Waals surface area contributed by atoms with E-state index in [1.54, 1.807) is 13.3 Å². The summed E-state index contributed by atoms with van der Waals surface area (Å²) in [5.74, 6) is -0.243. The van der Waals surface area contributed by atoms with Crippen LogP contribution in [0.5, 0.6) is 0 Å². The number of nitrogens with two attached hydrogens (primary N) is 1. The van der Waals surface area contributed by atoms with Crippen molar-refractivity contribution in [3.8, 4) is 11.8 Å². The fourth-order valence-electron chi connectivity index (χ4n) is 3.34. The Morgan fingerprint density at radius 1 is 1.31 bits per heavy atom. The number of anilines is 1. The van der Waals surface area contributed by atoms with Gasteiger partial charge in [-0.1, -0.05) is 23.4 Å². The molecule has 0 aliphatic carbocycles. The van der Waals surface area contributed by atoms with E-state index in [2.05, 4.69) is 15.5 Å². The lowest BCUT2D eigenvalue weighted by molar-refractivity contribution is -0.115. The summed E-state index contributed by atoms with van der Waals surface area (Å²) in [4.78, 5) is 16.8. The minimum atomic E-state index is -0.305. The van der Waals surface area contributed by atoms with Crippen molar-refractivity contribution in [3.05, 3.63) is 77.4 Å². The van der Waals surface area contributed by atoms with Gasteiger partial charge < -0.3 is 15.7 Å². The molecule has 0 aliphatic rings. The molecule has 0 spiro atoms. The Labute approximate surface area is 183 Å². The van der Waals surface area contributed by atoms with Crippen molar-refractivity contribution in [2.45, 2.75) is 13.3 Å². The first kappa shape index (κ1) is 20.6. The molecule has 0 aliphatic heterocycles. The second-order valence-corrected chi connectivity index (χ2v) is 7.06. The van der Waals surface area contributed by atoms with Crippen LogP contribution in [0, 0.1) is 23.7 Å². The summed E-state index contributed by atoms with van der Waals surface area (Å²) in [5, 5.41) is 22.9. The molecule has 0 unspecified atom stereocenters. The van der Waals surface area contributed by atoms with E-state index in [1.165, 1.54) is 12.4 Å². The second-order valence-electron chi connectivity index (χ2n) is 7.06. The number of carbonyl (C=O) groups excluding carboxylic acids is 1. The Morgan fingerprint density at radius 3 is 2.78 bits per heavy atom. The Bertz CT molecular complexity index is 1390. The van der Waals surface area contributed by atoms with E-state index >= 15 is 0 Å². The number of aromatic nitrogens is 3. The number of rotatable bonds is 6. The van der Waals surface area contributed by atoms with Gasteiger partial charge in [-0.05, 0) is 42.3 Å². The maximum absolute atomic E-state index is 12.3. The van der Waals surface area contributed by atoms with Gasteiger partial charge in [0.25, 0.3) is 0 Å².